The zero-order chi connectivity index (χ0) is 13.4. The summed E-state index contributed by atoms with van der Waals surface area (Å²) >= 11 is 1.64. The van der Waals surface area contributed by atoms with Gasteiger partial charge in [0.2, 0.25) is 0 Å². The molecule has 0 bridgehead atoms. The largest absolute Gasteiger partial charge is 0.383 e. The van der Waals surface area contributed by atoms with Gasteiger partial charge in [-0.3, -0.25) is 0 Å². The van der Waals surface area contributed by atoms with Crippen molar-refractivity contribution in [2.45, 2.75) is 24.3 Å². The first-order valence-electron chi connectivity index (χ1n) is 5.90. The molecule has 5 heteroatoms. The van der Waals surface area contributed by atoms with Crippen LogP contribution in [0, 0.1) is 0 Å². The predicted molar refractivity (Wildman–Crippen MR) is 76.3 cm³/mol. The van der Waals surface area contributed by atoms with Crippen LogP contribution in [0.2, 0.25) is 0 Å². The van der Waals surface area contributed by atoms with E-state index in [2.05, 4.69) is 10.6 Å². The molecule has 1 aromatic carbocycles. The summed E-state index contributed by atoms with van der Waals surface area (Å²) in [6.45, 7) is 2.53. The Hall–Kier alpha value is -1.20. The van der Waals surface area contributed by atoms with E-state index in [9.17, 15) is 4.79 Å². The summed E-state index contributed by atoms with van der Waals surface area (Å²) < 4.78 is 5.04. The summed E-state index contributed by atoms with van der Waals surface area (Å²) in [4.78, 5) is 12.9. The monoisotopic (exact) mass is 268 g/mol. The van der Waals surface area contributed by atoms with Crippen molar-refractivity contribution in [3.8, 4) is 0 Å². The van der Waals surface area contributed by atoms with Crippen LogP contribution < -0.4 is 10.6 Å². The van der Waals surface area contributed by atoms with Crippen LogP contribution in [0.15, 0.2) is 29.2 Å². The van der Waals surface area contributed by atoms with Gasteiger partial charge in [-0.05, 0) is 30.9 Å². The number of carbonyl (C=O) groups is 1. The molecule has 4 nitrogen and oxygen atoms in total. The van der Waals surface area contributed by atoms with Gasteiger partial charge in [-0.25, -0.2) is 4.79 Å². The standard InChI is InChI=1S/C13H20N2O2S/c1-4-10(9-17-2)14-13(16)15-11-6-5-7-12(8-11)18-3/h5-8,10H,4,9H2,1-3H3,(H2,14,15,16). The van der Waals surface area contributed by atoms with E-state index in [1.165, 1.54) is 0 Å². The lowest BCUT2D eigenvalue weighted by Gasteiger charge is -2.16. The molecule has 1 unspecified atom stereocenters. The highest BCUT2D eigenvalue weighted by molar-refractivity contribution is 7.98. The van der Waals surface area contributed by atoms with Crippen LogP contribution in [0.1, 0.15) is 13.3 Å². The molecule has 2 amide bonds. The van der Waals surface area contributed by atoms with Crippen LogP contribution >= 0.6 is 11.8 Å². The fraction of sp³-hybridized carbons (Fsp3) is 0.462. The average Bonchev–Trinajstić information content (AvgIpc) is 2.38. The first-order chi connectivity index (χ1) is 8.69. The first-order valence-corrected chi connectivity index (χ1v) is 7.12. The van der Waals surface area contributed by atoms with E-state index in [1.54, 1.807) is 18.9 Å². The highest BCUT2D eigenvalue weighted by Crippen LogP contribution is 2.18. The number of carbonyl (C=O) groups excluding carboxylic acids is 1. The Morgan fingerprint density at radius 1 is 1.50 bits per heavy atom. The Kier molecular flexibility index (Phi) is 6.60. The minimum Gasteiger partial charge on any atom is -0.383 e. The van der Waals surface area contributed by atoms with Gasteiger partial charge in [0.15, 0.2) is 0 Å². The van der Waals surface area contributed by atoms with Crippen LogP contribution in [0.3, 0.4) is 0 Å². The topological polar surface area (TPSA) is 50.4 Å². The Balaban J connectivity index is 2.52. The molecule has 0 saturated carbocycles. The molecule has 2 N–H and O–H groups in total. The second kappa shape index (κ2) is 8.00. The zero-order valence-electron chi connectivity index (χ0n) is 11.0. The molecule has 0 aromatic heterocycles. The zero-order valence-corrected chi connectivity index (χ0v) is 11.8. The van der Waals surface area contributed by atoms with Crippen molar-refractivity contribution in [1.82, 2.24) is 5.32 Å². The number of thioether (sulfide) groups is 1. The van der Waals surface area contributed by atoms with E-state index < -0.39 is 0 Å². The fourth-order valence-electron chi connectivity index (χ4n) is 1.52. The van der Waals surface area contributed by atoms with E-state index in [4.69, 9.17) is 4.74 Å². The molecule has 0 saturated heterocycles. The number of urea groups is 1. The molecule has 0 radical (unpaired) electrons. The van der Waals surface area contributed by atoms with E-state index in [1.807, 2.05) is 37.4 Å². The van der Waals surface area contributed by atoms with Gasteiger partial charge in [-0.2, -0.15) is 0 Å². The molecular formula is C13H20N2O2S. The second-order valence-electron chi connectivity index (χ2n) is 3.89. The first kappa shape index (κ1) is 14.9. The van der Waals surface area contributed by atoms with Gasteiger partial charge < -0.3 is 15.4 Å². The average molecular weight is 268 g/mol. The Morgan fingerprint density at radius 2 is 2.28 bits per heavy atom. The lowest BCUT2D eigenvalue weighted by molar-refractivity contribution is 0.165. The summed E-state index contributed by atoms with van der Waals surface area (Å²) in [5.74, 6) is 0. The summed E-state index contributed by atoms with van der Waals surface area (Å²) in [7, 11) is 1.63. The van der Waals surface area contributed by atoms with Crippen LogP contribution in [0.5, 0.6) is 0 Å². The molecule has 100 valence electrons. The van der Waals surface area contributed by atoms with Gasteiger partial charge in [-0.15, -0.1) is 11.8 Å². The quantitative estimate of drug-likeness (QED) is 0.780. The maximum absolute atomic E-state index is 11.8. The van der Waals surface area contributed by atoms with Gasteiger partial charge in [-0.1, -0.05) is 13.0 Å². The third-order valence-electron chi connectivity index (χ3n) is 2.52. The van der Waals surface area contributed by atoms with Crippen LogP contribution in [0.25, 0.3) is 0 Å². The second-order valence-corrected chi connectivity index (χ2v) is 4.77. The smallest absolute Gasteiger partial charge is 0.319 e. The molecule has 0 fully saturated rings. The number of amides is 2. The minimum atomic E-state index is -0.197. The Labute approximate surface area is 112 Å². The van der Waals surface area contributed by atoms with Gasteiger partial charge in [0.05, 0.1) is 12.6 Å². The SMILES string of the molecule is CCC(COC)NC(=O)Nc1cccc(SC)c1. The molecule has 0 aliphatic heterocycles. The molecule has 0 spiro atoms. The van der Waals surface area contributed by atoms with Crippen molar-refractivity contribution in [1.29, 1.82) is 0 Å². The van der Waals surface area contributed by atoms with Crippen molar-refractivity contribution in [2.75, 3.05) is 25.3 Å². The van der Waals surface area contributed by atoms with Crippen molar-refractivity contribution < 1.29 is 9.53 Å². The number of benzene rings is 1. The summed E-state index contributed by atoms with van der Waals surface area (Å²) in [6.07, 6.45) is 2.84. The number of rotatable bonds is 6. The van der Waals surface area contributed by atoms with Gasteiger partial charge >= 0.3 is 6.03 Å². The number of hydrogen-bond donors (Lipinski definition) is 2. The van der Waals surface area contributed by atoms with Crippen molar-refractivity contribution in [3.05, 3.63) is 24.3 Å². The lowest BCUT2D eigenvalue weighted by atomic mass is 10.2. The number of nitrogens with one attached hydrogen (secondary N) is 2. The van der Waals surface area contributed by atoms with Gasteiger partial charge in [0.1, 0.15) is 0 Å². The maximum atomic E-state index is 11.8. The molecule has 18 heavy (non-hydrogen) atoms. The van der Waals surface area contributed by atoms with Gasteiger partial charge in [0, 0.05) is 17.7 Å². The fourth-order valence-corrected chi connectivity index (χ4v) is 1.98. The third-order valence-corrected chi connectivity index (χ3v) is 3.25. The molecular weight excluding hydrogens is 248 g/mol. The van der Waals surface area contributed by atoms with Crippen molar-refractivity contribution in [3.63, 3.8) is 0 Å². The van der Waals surface area contributed by atoms with E-state index in [-0.39, 0.29) is 12.1 Å². The lowest BCUT2D eigenvalue weighted by Crippen LogP contribution is -2.40. The molecule has 1 rings (SSSR count). The number of hydrogen-bond acceptors (Lipinski definition) is 3. The Bertz CT molecular complexity index is 385. The molecule has 1 aromatic rings. The minimum absolute atomic E-state index is 0.0405. The molecule has 0 aliphatic carbocycles. The summed E-state index contributed by atoms with van der Waals surface area (Å²) in [5, 5.41) is 5.69. The maximum Gasteiger partial charge on any atom is 0.319 e. The van der Waals surface area contributed by atoms with E-state index >= 15 is 0 Å². The molecule has 1 atom stereocenters. The third kappa shape index (κ3) is 4.98. The summed E-state index contributed by atoms with van der Waals surface area (Å²) in [5.41, 5.74) is 0.798. The normalized spacial score (nSPS) is 11.9. The van der Waals surface area contributed by atoms with Crippen LogP contribution in [-0.2, 0) is 4.74 Å². The predicted octanol–water partition coefficient (Wildman–Crippen LogP) is 2.96. The number of ether oxygens (including phenoxy) is 1. The van der Waals surface area contributed by atoms with E-state index in [0.29, 0.717) is 6.61 Å². The van der Waals surface area contributed by atoms with Crippen molar-refractivity contribution >= 4 is 23.5 Å². The van der Waals surface area contributed by atoms with Crippen LogP contribution in [0.4, 0.5) is 10.5 Å². The Morgan fingerprint density at radius 3 is 2.89 bits per heavy atom. The molecule has 0 aliphatic rings. The van der Waals surface area contributed by atoms with Crippen molar-refractivity contribution in [2.24, 2.45) is 0 Å². The highest BCUT2D eigenvalue weighted by atomic mass is 32.2. The van der Waals surface area contributed by atoms with E-state index in [0.717, 1.165) is 17.0 Å². The summed E-state index contributed by atoms with van der Waals surface area (Å²) in [6, 6.07) is 7.59. The van der Waals surface area contributed by atoms with Crippen LogP contribution in [-0.4, -0.2) is 32.0 Å². The number of anilines is 1. The highest BCUT2D eigenvalue weighted by Gasteiger charge is 2.09. The molecule has 0 heterocycles. The number of methoxy groups -OCH3 is 1. The van der Waals surface area contributed by atoms with Gasteiger partial charge in [0.25, 0.3) is 0 Å².